The van der Waals surface area contributed by atoms with Gasteiger partial charge in [-0.25, -0.2) is 4.79 Å². The minimum absolute atomic E-state index is 0.163. The molecule has 1 aromatic rings. The van der Waals surface area contributed by atoms with Crippen LogP contribution in [-0.4, -0.2) is 57.8 Å². The lowest BCUT2D eigenvalue weighted by Gasteiger charge is -2.32. The number of aliphatic carboxylic acids is 1. The largest absolute Gasteiger partial charge is 0.480 e. The Bertz CT molecular complexity index is 462. The molecule has 116 valence electrons. The van der Waals surface area contributed by atoms with Crippen LogP contribution in [0.3, 0.4) is 0 Å². The summed E-state index contributed by atoms with van der Waals surface area (Å²) in [6, 6.07) is 8.77. The number of hydrogen-bond acceptors (Lipinski definition) is 3. The van der Waals surface area contributed by atoms with Gasteiger partial charge in [0, 0.05) is 19.1 Å². The van der Waals surface area contributed by atoms with E-state index < -0.39 is 5.97 Å². The smallest absolute Gasteiger partial charge is 0.323 e. The number of nitrogens with zero attached hydrogens (tertiary/aromatic N) is 2. The first-order chi connectivity index (χ1) is 9.95. The predicted octanol–water partition coefficient (Wildman–Crippen LogP) is 1.40. The van der Waals surface area contributed by atoms with Crippen LogP contribution in [0.4, 0.5) is 4.79 Å². The third kappa shape index (κ3) is 5.43. The van der Waals surface area contributed by atoms with Crippen molar-refractivity contribution in [3.8, 4) is 0 Å². The monoisotopic (exact) mass is 294 g/mol. The number of rotatable bonds is 7. The average Bonchev–Trinajstić information content (AvgIpc) is 2.44. The van der Waals surface area contributed by atoms with Gasteiger partial charge in [-0.15, -0.1) is 0 Å². The van der Waals surface area contributed by atoms with Crippen molar-refractivity contribution in [3.05, 3.63) is 35.9 Å². The number of amides is 2. The molecule has 2 amide bonds. The zero-order chi connectivity index (χ0) is 15.8. The summed E-state index contributed by atoms with van der Waals surface area (Å²) in [5.74, 6) is -1.05. The van der Waals surface area contributed by atoms with Crippen LogP contribution in [0.15, 0.2) is 30.3 Å². The number of carbonyl (C=O) groups is 2. The fraction of sp³-hybridized carbons (Fsp3) is 0.467. The molecule has 0 aromatic heterocycles. The van der Waals surface area contributed by atoms with Crippen LogP contribution in [0, 0.1) is 0 Å². The van der Waals surface area contributed by atoms with E-state index in [0.29, 0.717) is 6.54 Å². The molecule has 0 atom stereocenters. The van der Waals surface area contributed by atoms with Gasteiger partial charge in [0.1, 0.15) is 6.54 Å². The standard InChI is InChI=1S/C15H22N2O4/c1-12(2)17(11-14(19)20)15(21)16(8-9-18)10-13-6-4-3-5-7-13/h3-7,12,18H,8-11H2,1-2H3,(H,19,20). The van der Waals surface area contributed by atoms with Crippen LogP contribution in [-0.2, 0) is 11.3 Å². The first kappa shape index (κ1) is 17.0. The van der Waals surface area contributed by atoms with E-state index in [1.165, 1.54) is 9.80 Å². The van der Waals surface area contributed by atoms with Gasteiger partial charge in [0.05, 0.1) is 6.61 Å². The molecular formula is C15H22N2O4. The minimum atomic E-state index is -1.05. The molecule has 2 N–H and O–H groups in total. The molecule has 0 bridgehead atoms. The SMILES string of the molecule is CC(C)N(CC(=O)O)C(=O)N(CCO)Cc1ccccc1. The molecule has 0 saturated carbocycles. The third-order valence-corrected chi connectivity index (χ3v) is 3.03. The molecule has 0 heterocycles. The quantitative estimate of drug-likeness (QED) is 0.796. The second-order valence-electron chi connectivity index (χ2n) is 5.03. The average molecular weight is 294 g/mol. The number of carboxylic acid groups (broad SMARTS) is 1. The summed E-state index contributed by atoms with van der Waals surface area (Å²) in [6.07, 6.45) is 0. The summed E-state index contributed by atoms with van der Waals surface area (Å²) in [7, 11) is 0. The molecular weight excluding hydrogens is 272 g/mol. The summed E-state index contributed by atoms with van der Waals surface area (Å²) in [6.45, 7) is 3.51. The van der Waals surface area contributed by atoms with Crippen molar-refractivity contribution >= 4 is 12.0 Å². The van der Waals surface area contributed by atoms with Crippen molar-refractivity contribution in [3.63, 3.8) is 0 Å². The Hall–Kier alpha value is -2.08. The summed E-state index contributed by atoms with van der Waals surface area (Å²) < 4.78 is 0. The van der Waals surface area contributed by atoms with E-state index in [-0.39, 0.29) is 31.8 Å². The Morgan fingerprint density at radius 3 is 2.29 bits per heavy atom. The molecule has 6 heteroatoms. The van der Waals surface area contributed by atoms with Gasteiger partial charge in [-0.2, -0.15) is 0 Å². The van der Waals surface area contributed by atoms with Crippen LogP contribution in [0.1, 0.15) is 19.4 Å². The van der Waals surface area contributed by atoms with Gasteiger partial charge in [-0.05, 0) is 19.4 Å². The van der Waals surface area contributed by atoms with E-state index >= 15 is 0 Å². The molecule has 0 aliphatic heterocycles. The van der Waals surface area contributed by atoms with Gasteiger partial charge < -0.3 is 20.0 Å². The van der Waals surface area contributed by atoms with Gasteiger partial charge in [-0.3, -0.25) is 4.79 Å². The molecule has 1 rings (SSSR count). The normalized spacial score (nSPS) is 10.5. The van der Waals surface area contributed by atoms with Crippen LogP contribution >= 0.6 is 0 Å². The highest BCUT2D eigenvalue weighted by molar-refractivity contribution is 5.80. The topological polar surface area (TPSA) is 81.1 Å². The van der Waals surface area contributed by atoms with Crippen molar-refractivity contribution in [1.29, 1.82) is 0 Å². The fourth-order valence-electron chi connectivity index (χ4n) is 1.97. The van der Waals surface area contributed by atoms with Crippen molar-refractivity contribution in [1.82, 2.24) is 9.80 Å². The van der Waals surface area contributed by atoms with E-state index in [0.717, 1.165) is 5.56 Å². The van der Waals surface area contributed by atoms with E-state index in [9.17, 15) is 9.59 Å². The van der Waals surface area contributed by atoms with Crippen molar-refractivity contribution in [2.75, 3.05) is 19.7 Å². The van der Waals surface area contributed by atoms with E-state index in [2.05, 4.69) is 0 Å². The highest BCUT2D eigenvalue weighted by atomic mass is 16.4. The lowest BCUT2D eigenvalue weighted by molar-refractivity contribution is -0.138. The Kier molecular flexibility index (Phi) is 6.68. The van der Waals surface area contributed by atoms with E-state index in [1.807, 2.05) is 30.3 Å². The number of benzene rings is 1. The van der Waals surface area contributed by atoms with Gasteiger partial charge >= 0.3 is 12.0 Å². The zero-order valence-corrected chi connectivity index (χ0v) is 12.4. The molecule has 0 radical (unpaired) electrons. The van der Waals surface area contributed by atoms with Crippen LogP contribution in [0.25, 0.3) is 0 Å². The molecule has 0 aliphatic rings. The van der Waals surface area contributed by atoms with Crippen molar-refractivity contribution in [2.45, 2.75) is 26.4 Å². The number of aliphatic hydroxyl groups is 1. The zero-order valence-electron chi connectivity index (χ0n) is 12.4. The molecule has 0 spiro atoms. The highest BCUT2D eigenvalue weighted by Crippen LogP contribution is 2.10. The Morgan fingerprint density at radius 1 is 1.19 bits per heavy atom. The summed E-state index contributed by atoms with van der Waals surface area (Å²) in [4.78, 5) is 26.1. The first-order valence-corrected chi connectivity index (χ1v) is 6.87. The maximum atomic E-state index is 12.5. The molecule has 0 saturated heterocycles. The molecule has 21 heavy (non-hydrogen) atoms. The van der Waals surface area contributed by atoms with Crippen molar-refractivity contribution in [2.24, 2.45) is 0 Å². The second kappa shape index (κ2) is 8.26. The Balaban J connectivity index is 2.86. The highest BCUT2D eigenvalue weighted by Gasteiger charge is 2.25. The molecule has 0 aliphatic carbocycles. The second-order valence-corrected chi connectivity index (χ2v) is 5.03. The molecule has 0 fully saturated rings. The van der Waals surface area contributed by atoms with Crippen LogP contribution in [0.2, 0.25) is 0 Å². The maximum absolute atomic E-state index is 12.5. The number of carboxylic acids is 1. The fourth-order valence-corrected chi connectivity index (χ4v) is 1.97. The first-order valence-electron chi connectivity index (χ1n) is 6.87. The summed E-state index contributed by atoms with van der Waals surface area (Å²) >= 11 is 0. The Labute approximate surface area is 124 Å². The minimum Gasteiger partial charge on any atom is -0.480 e. The lowest BCUT2D eigenvalue weighted by Crippen LogP contribution is -2.49. The Morgan fingerprint density at radius 2 is 1.81 bits per heavy atom. The van der Waals surface area contributed by atoms with Crippen LogP contribution in [0.5, 0.6) is 0 Å². The number of urea groups is 1. The predicted molar refractivity (Wildman–Crippen MR) is 78.8 cm³/mol. The lowest BCUT2D eigenvalue weighted by atomic mass is 10.2. The number of carbonyl (C=O) groups excluding carboxylic acids is 1. The maximum Gasteiger partial charge on any atom is 0.323 e. The van der Waals surface area contributed by atoms with Crippen LogP contribution < -0.4 is 0 Å². The van der Waals surface area contributed by atoms with Gasteiger partial charge in [-0.1, -0.05) is 30.3 Å². The van der Waals surface area contributed by atoms with Gasteiger partial charge in [0.25, 0.3) is 0 Å². The van der Waals surface area contributed by atoms with Crippen molar-refractivity contribution < 1.29 is 19.8 Å². The molecule has 6 nitrogen and oxygen atoms in total. The molecule has 0 unspecified atom stereocenters. The number of hydrogen-bond donors (Lipinski definition) is 2. The van der Waals surface area contributed by atoms with E-state index in [1.54, 1.807) is 13.8 Å². The molecule has 1 aromatic carbocycles. The third-order valence-electron chi connectivity index (χ3n) is 3.03. The van der Waals surface area contributed by atoms with Gasteiger partial charge in [0.15, 0.2) is 0 Å². The van der Waals surface area contributed by atoms with Gasteiger partial charge in [0.2, 0.25) is 0 Å². The summed E-state index contributed by atoms with van der Waals surface area (Å²) in [5.41, 5.74) is 0.929. The summed E-state index contributed by atoms with van der Waals surface area (Å²) in [5, 5.41) is 18.1. The van der Waals surface area contributed by atoms with E-state index in [4.69, 9.17) is 10.2 Å². The number of aliphatic hydroxyl groups excluding tert-OH is 1.